The molecule has 0 amide bonds. The number of nitrogens with one attached hydrogen (secondary N) is 1. The van der Waals surface area contributed by atoms with E-state index in [0.29, 0.717) is 5.69 Å². The van der Waals surface area contributed by atoms with Gasteiger partial charge in [-0.1, -0.05) is 0 Å². The molecular weight excluding hydrogens is 409 g/mol. The number of carbonyl (C=O) groups is 2. The Kier molecular flexibility index (Phi) is 9.49. The van der Waals surface area contributed by atoms with E-state index in [4.69, 9.17) is 19.8 Å². The van der Waals surface area contributed by atoms with Crippen molar-refractivity contribution in [2.45, 2.75) is 12.4 Å². The molecule has 0 atom stereocenters. The van der Waals surface area contributed by atoms with Crippen LogP contribution in [0.15, 0.2) is 18.2 Å². The van der Waals surface area contributed by atoms with Crippen molar-refractivity contribution in [2.75, 3.05) is 31.1 Å². The lowest BCUT2D eigenvalue weighted by Gasteiger charge is -2.29. The van der Waals surface area contributed by atoms with Crippen LogP contribution in [-0.4, -0.2) is 65.8 Å². The van der Waals surface area contributed by atoms with Crippen LogP contribution in [-0.2, 0) is 9.59 Å². The first-order valence-electron chi connectivity index (χ1n) is 7.20. The minimum absolute atomic E-state index is 0.0203. The van der Waals surface area contributed by atoms with Gasteiger partial charge in [-0.25, -0.2) is 14.0 Å². The molecule has 1 heterocycles. The summed E-state index contributed by atoms with van der Waals surface area (Å²) >= 11 is 0. The summed E-state index contributed by atoms with van der Waals surface area (Å²) in [7, 11) is 0. The van der Waals surface area contributed by atoms with Gasteiger partial charge >= 0.3 is 24.3 Å². The van der Waals surface area contributed by atoms with Crippen molar-refractivity contribution in [3.63, 3.8) is 0 Å². The van der Waals surface area contributed by atoms with Crippen LogP contribution >= 0.6 is 0 Å². The molecule has 14 heteroatoms. The van der Waals surface area contributed by atoms with Gasteiger partial charge in [0.25, 0.3) is 0 Å². The fourth-order valence-corrected chi connectivity index (χ4v) is 1.67. The topological polar surface area (TPSA) is 110 Å². The number of phenols is 1. The highest BCUT2D eigenvalue weighted by molar-refractivity contribution is 5.73. The smallest absolute Gasteiger partial charge is 0.490 e. The summed E-state index contributed by atoms with van der Waals surface area (Å²) in [6, 6.07) is 4.14. The third-order valence-electron chi connectivity index (χ3n) is 2.88. The van der Waals surface area contributed by atoms with Crippen LogP contribution in [0.2, 0.25) is 0 Å². The highest BCUT2D eigenvalue weighted by atomic mass is 19.4. The Morgan fingerprint density at radius 1 is 0.929 bits per heavy atom. The van der Waals surface area contributed by atoms with Crippen LogP contribution in [0.4, 0.5) is 36.4 Å². The molecule has 0 spiro atoms. The molecule has 4 N–H and O–H groups in total. The van der Waals surface area contributed by atoms with Gasteiger partial charge in [0, 0.05) is 32.2 Å². The van der Waals surface area contributed by atoms with Gasteiger partial charge in [0.1, 0.15) is 11.6 Å². The Bertz CT molecular complexity index is 634. The van der Waals surface area contributed by atoms with E-state index in [2.05, 4.69) is 5.32 Å². The number of anilines is 1. The largest absolute Gasteiger partial charge is 0.506 e. The number of hydrogen-bond donors (Lipinski definition) is 4. The maximum atomic E-state index is 12.7. The molecule has 1 aromatic rings. The minimum atomic E-state index is -5.08. The second-order valence-corrected chi connectivity index (χ2v) is 4.98. The van der Waals surface area contributed by atoms with Crippen LogP contribution in [0, 0.1) is 5.82 Å². The number of carboxylic acid groups (broad SMARTS) is 2. The van der Waals surface area contributed by atoms with E-state index in [1.165, 1.54) is 6.07 Å². The molecule has 0 aliphatic carbocycles. The van der Waals surface area contributed by atoms with Crippen LogP contribution in [0.25, 0.3) is 0 Å². The molecule has 1 saturated heterocycles. The predicted octanol–water partition coefficient (Wildman–Crippen LogP) is 2.21. The number of aliphatic carboxylic acids is 2. The molecular formula is C14H15F7N2O5. The van der Waals surface area contributed by atoms with Gasteiger partial charge in [-0.2, -0.15) is 26.3 Å². The lowest BCUT2D eigenvalue weighted by Crippen LogP contribution is -2.43. The maximum Gasteiger partial charge on any atom is 0.490 e. The van der Waals surface area contributed by atoms with E-state index in [1.807, 2.05) is 4.90 Å². The van der Waals surface area contributed by atoms with Crippen molar-refractivity contribution < 1.29 is 55.6 Å². The molecule has 7 nitrogen and oxygen atoms in total. The van der Waals surface area contributed by atoms with Crippen molar-refractivity contribution in [3.05, 3.63) is 24.0 Å². The van der Waals surface area contributed by atoms with Crippen molar-refractivity contribution in [1.29, 1.82) is 0 Å². The van der Waals surface area contributed by atoms with Gasteiger partial charge in [-0.15, -0.1) is 0 Å². The molecule has 0 bridgehead atoms. The van der Waals surface area contributed by atoms with Crippen LogP contribution in [0.1, 0.15) is 0 Å². The van der Waals surface area contributed by atoms with Gasteiger partial charge in [-0.3, -0.25) is 0 Å². The zero-order valence-electron chi connectivity index (χ0n) is 13.8. The van der Waals surface area contributed by atoms with E-state index in [0.717, 1.165) is 32.2 Å². The fourth-order valence-electron chi connectivity index (χ4n) is 1.67. The van der Waals surface area contributed by atoms with Crippen LogP contribution in [0.3, 0.4) is 0 Å². The quantitative estimate of drug-likeness (QED) is 0.512. The van der Waals surface area contributed by atoms with Crippen LogP contribution in [0.5, 0.6) is 5.75 Å². The number of carboxylic acids is 2. The molecule has 1 aliphatic heterocycles. The number of piperazine rings is 1. The average Bonchev–Trinajstić information content (AvgIpc) is 2.55. The zero-order chi connectivity index (χ0) is 22.1. The molecule has 28 heavy (non-hydrogen) atoms. The van der Waals surface area contributed by atoms with Gasteiger partial charge < -0.3 is 25.5 Å². The Hall–Kier alpha value is -2.77. The van der Waals surface area contributed by atoms with E-state index >= 15 is 0 Å². The van der Waals surface area contributed by atoms with E-state index in [1.54, 1.807) is 6.07 Å². The van der Waals surface area contributed by atoms with Gasteiger partial charge in [0.05, 0.1) is 5.69 Å². The van der Waals surface area contributed by atoms with E-state index in [9.17, 15) is 35.8 Å². The molecule has 1 fully saturated rings. The summed E-state index contributed by atoms with van der Waals surface area (Å²) in [6.07, 6.45) is -10.2. The van der Waals surface area contributed by atoms with Gasteiger partial charge in [-0.05, 0) is 12.1 Å². The number of aromatic hydroxyl groups is 1. The fraction of sp³-hybridized carbons (Fsp3) is 0.429. The first-order chi connectivity index (χ1) is 12.7. The Labute approximate surface area is 153 Å². The second-order valence-electron chi connectivity index (χ2n) is 4.98. The SMILES string of the molecule is O=C(O)C(F)(F)F.O=C(O)C(F)(F)F.Oc1cc(F)ccc1N1CCNCC1. The Morgan fingerprint density at radius 3 is 1.64 bits per heavy atom. The predicted molar refractivity (Wildman–Crippen MR) is 80.5 cm³/mol. The lowest BCUT2D eigenvalue weighted by molar-refractivity contribution is -0.193. The molecule has 2 rings (SSSR count). The maximum absolute atomic E-state index is 12.7. The summed E-state index contributed by atoms with van der Waals surface area (Å²) in [5, 5.41) is 27.0. The summed E-state index contributed by atoms with van der Waals surface area (Å²) in [5.41, 5.74) is 0.716. The van der Waals surface area contributed by atoms with Crippen molar-refractivity contribution in [3.8, 4) is 5.75 Å². The molecule has 0 unspecified atom stereocenters. The average molecular weight is 424 g/mol. The summed E-state index contributed by atoms with van der Waals surface area (Å²) in [5.74, 6) is -5.90. The number of alkyl halides is 6. The number of halogens is 7. The highest BCUT2D eigenvalue weighted by Gasteiger charge is 2.38. The monoisotopic (exact) mass is 424 g/mol. The molecule has 1 aromatic carbocycles. The second kappa shape index (κ2) is 10.5. The summed E-state index contributed by atoms with van der Waals surface area (Å²) in [4.78, 5) is 19.8. The van der Waals surface area contributed by atoms with Crippen LogP contribution < -0.4 is 10.2 Å². The third-order valence-corrected chi connectivity index (χ3v) is 2.88. The van der Waals surface area contributed by atoms with E-state index < -0.39 is 30.1 Å². The minimum Gasteiger partial charge on any atom is -0.506 e. The Morgan fingerprint density at radius 2 is 1.32 bits per heavy atom. The standard InChI is InChI=1S/C10H13FN2O.2C2HF3O2/c11-8-1-2-9(10(14)7-8)13-5-3-12-4-6-13;2*3-2(4,5)1(6)7/h1-2,7,12,14H,3-6H2;2*(H,6,7). The molecule has 0 aromatic heterocycles. The summed E-state index contributed by atoms with van der Waals surface area (Å²) < 4.78 is 76.2. The first-order valence-corrected chi connectivity index (χ1v) is 7.20. The molecule has 1 aliphatic rings. The van der Waals surface area contributed by atoms with Gasteiger partial charge in [0.15, 0.2) is 0 Å². The first kappa shape index (κ1) is 25.2. The molecule has 160 valence electrons. The number of rotatable bonds is 1. The third kappa shape index (κ3) is 9.80. The van der Waals surface area contributed by atoms with Crippen molar-refractivity contribution in [1.82, 2.24) is 5.32 Å². The molecule has 0 radical (unpaired) electrons. The Balaban J connectivity index is 0.000000444. The zero-order valence-corrected chi connectivity index (χ0v) is 13.8. The number of nitrogens with zero attached hydrogens (tertiary/aromatic N) is 1. The number of phenolic OH excluding ortho intramolecular Hbond substituents is 1. The number of benzene rings is 1. The number of hydrogen-bond acceptors (Lipinski definition) is 5. The normalized spacial score (nSPS) is 14.2. The lowest BCUT2D eigenvalue weighted by atomic mass is 10.2. The molecule has 0 saturated carbocycles. The van der Waals surface area contributed by atoms with E-state index in [-0.39, 0.29) is 5.75 Å². The summed E-state index contributed by atoms with van der Waals surface area (Å²) in [6.45, 7) is 3.49. The highest BCUT2D eigenvalue weighted by Crippen LogP contribution is 2.27. The van der Waals surface area contributed by atoms with Crippen molar-refractivity contribution >= 4 is 17.6 Å². The van der Waals surface area contributed by atoms with Gasteiger partial charge in [0.2, 0.25) is 0 Å². The van der Waals surface area contributed by atoms with Crippen molar-refractivity contribution in [2.24, 2.45) is 0 Å².